The molecule has 0 aromatic rings. The molecular formula is C8H18GeSi. The van der Waals surface area contributed by atoms with Crippen LogP contribution in [0.4, 0.5) is 0 Å². The molecule has 0 atom stereocenters. The summed E-state index contributed by atoms with van der Waals surface area (Å²) in [6.07, 6.45) is 0. The van der Waals surface area contributed by atoms with Crippen LogP contribution in [-0.4, -0.2) is 21.3 Å². The molecule has 0 nitrogen and oxygen atoms in total. The van der Waals surface area contributed by atoms with Crippen molar-refractivity contribution in [3.05, 3.63) is 0 Å². The Bertz CT molecular complexity index is 142. The van der Waals surface area contributed by atoms with Crippen molar-refractivity contribution in [3.63, 3.8) is 0 Å². The van der Waals surface area contributed by atoms with Gasteiger partial charge in [0.05, 0.1) is 0 Å². The maximum atomic E-state index is 3.46. The Labute approximate surface area is 68.8 Å². The zero-order valence-corrected chi connectivity index (χ0v) is 11.1. The average molecular weight is 215 g/mol. The molecule has 0 aliphatic rings. The third kappa shape index (κ3) is 8.32. The van der Waals surface area contributed by atoms with Gasteiger partial charge in [0.15, 0.2) is 0 Å². The van der Waals surface area contributed by atoms with Crippen LogP contribution in [0.3, 0.4) is 0 Å². The molecule has 0 aliphatic heterocycles. The van der Waals surface area contributed by atoms with Crippen LogP contribution in [0.15, 0.2) is 0 Å². The molecule has 0 aliphatic carbocycles. The first-order valence-electron chi connectivity index (χ1n) is 3.75. The summed E-state index contributed by atoms with van der Waals surface area (Å²) < 4.78 is 3.46. The van der Waals surface area contributed by atoms with Gasteiger partial charge in [-0.3, -0.25) is 0 Å². The van der Waals surface area contributed by atoms with E-state index in [-0.39, 0.29) is 0 Å². The van der Waals surface area contributed by atoms with Gasteiger partial charge in [-0.2, -0.15) is 0 Å². The Morgan fingerprint density at radius 3 is 1.50 bits per heavy atom. The molecule has 0 spiro atoms. The topological polar surface area (TPSA) is 0 Å². The van der Waals surface area contributed by atoms with Gasteiger partial charge in [-0.05, 0) is 0 Å². The van der Waals surface area contributed by atoms with Gasteiger partial charge >= 0.3 is 68.5 Å². The van der Waals surface area contributed by atoms with Crippen molar-refractivity contribution in [2.24, 2.45) is 0 Å². The third-order valence-electron chi connectivity index (χ3n) is 0.812. The fourth-order valence-corrected chi connectivity index (χ4v) is 5.85. The Hall–Kier alpha value is 0.320. The van der Waals surface area contributed by atoms with Crippen molar-refractivity contribution in [1.29, 1.82) is 0 Å². The van der Waals surface area contributed by atoms with Crippen LogP contribution in [0, 0.1) is 10.3 Å². The summed E-state index contributed by atoms with van der Waals surface area (Å²) in [7, 11) is -1.08. The van der Waals surface area contributed by atoms with E-state index in [1.54, 1.807) is 0 Å². The molecule has 0 saturated heterocycles. The molecule has 58 valence electrons. The zero-order chi connectivity index (χ0) is 8.41. The minimum absolute atomic E-state index is 1.08. The fraction of sp³-hybridized carbons (Fsp3) is 0.750. The molecule has 0 N–H and O–H groups in total. The van der Waals surface area contributed by atoms with Crippen molar-refractivity contribution in [2.45, 2.75) is 36.9 Å². The maximum absolute atomic E-state index is 3.46. The van der Waals surface area contributed by atoms with Gasteiger partial charge < -0.3 is 0 Å². The quantitative estimate of drug-likeness (QED) is 0.430. The minimum atomic E-state index is -1.54. The Morgan fingerprint density at radius 1 is 1.00 bits per heavy atom. The van der Waals surface area contributed by atoms with Gasteiger partial charge in [-0.25, -0.2) is 0 Å². The molecule has 0 amide bonds. The van der Waals surface area contributed by atoms with Gasteiger partial charge in [0.2, 0.25) is 0 Å². The number of hydrogen-bond donors (Lipinski definition) is 0. The van der Waals surface area contributed by atoms with E-state index >= 15 is 0 Å². The van der Waals surface area contributed by atoms with Crippen molar-refractivity contribution in [3.8, 4) is 10.3 Å². The number of hydrogen-bond acceptors (Lipinski definition) is 0. The van der Waals surface area contributed by atoms with E-state index in [4.69, 9.17) is 0 Å². The zero-order valence-electron chi connectivity index (χ0n) is 8.00. The Morgan fingerprint density at radius 2 is 1.40 bits per heavy atom. The van der Waals surface area contributed by atoms with Crippen LogP contribution < -0.4 is 0 Å². The normalized spacial score (nSPS) is 12.2. The molecule has 0 aromatic carbocycles. The molecule has 10 heavy (non-hydrogen) atoms. The molecule has 0 aromatic heterocycles. The average Bonchev–Trinajstić information content (AvgIpc) is 1.57. The summed E-state index contributed by atoms with van der Waals surface area (Å²) in [5.74, 6) is 7.02. The SMILES string of the molecule is C[Si](C)(C)C#[C][Ge]([CH3])([CH3])[CH3]. The van der Waals surface area contributed by atoms with Crippen LogP contribution >= 0.6 is 0 Å². The van der Waals surface area contributed by atoms with Crippen molar-refractivity contribution in [2.75, 3.05) is 0 Å². The molecule has 0 radical (unpaired) electrons. The summed E-state index contributed by atoms with van der Waals surface area (Å²) in [5.41, 5.74) is 3.43. The second-order valence-corrected chi connectivity index (χ2v) is 19.5. The van der Waals surface area contributed by atoms with E-state index in [0.717, 1.165) is 0 Å². The van der Waals surface area contributed by atoms with E-state index in [2.05, 4.69) is 47.2 Å². The summed E-state index contributed by atoms with van der Waals surface area (Å²) in [6, 6.07) is 0. The first-order chi connectivity index (χ1) is 4.21. The second kappa shape index (κ2) is 3.15. The molecule has 0 rings (SSSR count). The predicted molar refractivity (Wildman–Crippen MR) is 54.5 cm³/mol. The summed E-state index contributed by atoms with van der Waals surface area (Å²) >= 11 is -1.54. The van der Waals surface area contributed by atoms with Crippen LogP contribution in [0.1, 0.15) is 0 Å². The molecule has 0 unspecified atom stereocenters. The second-order valence-electron chi connectivity index (χ2n) is 4.75. The van der Waals surface area contributed by atoms with Gasteiger partial charge in [-0.15, -0.1) is 0 Å². The van der Waals surface area contributed by atoms with Crippen molar-refractivity contribution in [1.82, 2.24) is 0 Å². The van der Waals surface area contributed by atoms with Crippen LogP contribution in [0.5, 0.6) is 0 Å². The first-order valence-corrected chi connectivity index (χ1v) is 14.6. The summed E-state index contributed by atoms with van der Waals surface area (Å²) in [4.78, 5) is 0. The Kier molecular flexibility index (Phi) is 3.25. The molecule has 0 heterocycles. The fourth-order valence-electron chi connectivity index (χ4n) is 0.375. The third-order valence-corrected chi connectivity index (χ3v) is 4.05. The number of rotatable bonds is 0. The monoisotopic (exact) mass is 216 g/mol. The summed E-state index contributed by atoms with van der Waals surface area (Å²) in [5, 5.41) is 0. The van der Waals surface area contributed by atoms with E-state index < -0.39 is 21.3 Å². The molecule has 2 heteroatoms. The van der Waals surface area contributed by atoms with Crippen LogP contribution in [0.2, 0.25) is 36.9 Å². The van der Waals surface area contributed by atoms with E-state index in [0.29, 0.717) is 0 Å². The molecular weight excluding hydrogens is 197 g/mol. The van der Waals surface area contributed by atoms with E-state index in [9.17, 15) is 0 Å². The van der Waals surface area contributed by atoms with E-state index in [1.807, 2.05) is 0 Å². The van der Waals surface area contributed by atoms with Crippen LogP contribution in [0.25, 0.3) is 0 Å². The van der Waals surface area contributed by atoms with E-state index in [1.165, 1.54) is 0 Å². The molecule has 0 bridgehead atoms. The van der Waals surface area contributed by atoms with Crippen molar-refractivity contribution >= 4 is 21.3 Å². The first kappa shape index (κ1) is 10.3. The predicted octanol–water partition coefficient (Wildman–Crippen LogP) is 2.74. The standard InChI is InChI=1S/C8H18GeSi/c1-9(2,3)7-8-10(4,5)6/h1-6H3. The Balaban J connectivity index is 4.19. The van der Waals surface area contributed by atoms with Crippen molar-refractivity contribution < 1.29 is 0 Å². The van der Waals surface area contributed by atoms with Gasteiger partial charge in [0, 0.05) is 0 Å². The summed E-state index contributed by atoms with van der Waals surface area (Å²) in [6.45, 7) is 6.90. The molecule has 0 fully saturated rings. The van der Waals surface area contributed by atoms with Gasteiger partial charge in [0.1, 0.15) is 0 Å². The van der Waals surface area contributed by atoms with Gasteiger partial charge in [0.25, 0.3) is 0 Å². The van der Waals surface area contributed by atoms with Gasteiger partial charge in [-0.1, -0.05) is 0 Å². The van der Waals surface area contributed by atoms with Crippen LogP contribution in [-0.2, 0) is 0 Å². The molecule has 0 saturated carbocycles.